The molecule has 6 heteroatoms. The second-order valence-electron chi connectivity index (χ2n) is 6.34. The van der Waals surface area contributed by atoms with Crippen LogP contribution in [-0.2, 0) is 13.0 Å². The van der Waals surface area contributed by atoms with E-state index in [1.165, 1.54) is 23.3 Å². The molecule has 28 heavy (non-hydrogen) atoms. The number of halogens is 1. The van der Waals surface area contributed by atoms with Crippen LogP contribution in [-0.4, -0.2) is 25.5 Å². The van der Waals surface area contributed by atoms with Crippen LogP contribution >= 0.6 is 11.8 Å². The number of benzene rings is 2. The van der Waals surface area contributed by atoms with Crippen LogP contribution in [0.4, 0.5) is 4.39 Å². The number of hydrogen-bond donors (Lipinski definition) is 0. The average molecular weight is 390 g/mol. The van der Waals surface area contributed by atoms with Crippen molar-refractivity contribution in [2.75, 3.05) is 5.75 Å². The van der Waals surface area contributed by atoms with Gasteiger partial charge in [-0.1, -0.05) is 42.1 Å². The molecule has 0 aliphatic carbocycles. The van der Waals surface area contributed by atoms with E-state index in [1.807, 2.05) is 42.7 Å². The Labute approximate surface area is 167 Å². The maximum atomic E-state index is 13.3. The molecule has 0 saturated carbocycles. The Balaban J connectivity index is 1.59. The second-order valence-corrected chi connectivity index (χ2v) is 7.40. The van der Waals surface area contributed by atoms with E-state index in [0.29, 0.717) is 6.54 Å². The first kappa shape index (κ1) is 18.4. The zero-order valence-electron chi connectivity index (χ0n) is 15.2. The van der Waals surface area contributed by atoms with Gasteiger partial charge in [0.25, 0.3) is 0 Å². The quantitative estimate of drug-likeness (QED) is 0.423. The SMILES string of the molecule is Fc1ccc(-c2nnc(SCCc3ccncc3)n2Cc2ccccc2)cc1. The number of aryl methyl sites for hydroxylation is 1. The van der Waals surface area contributed by atoms with Crippen LogP contribution in [0.5, 0.6) is 0 Å². The van der Waals surface area contributed by atoms with Gasteiger partial charge in [-0.15, -0.1) is 10.2 Å². The Hall–Kier alpha value is -2.99. The summed E-state index contributed by atoms with van der Waals surface area (Å²) in [6.45, 7) is 0.665. The Morgan fingerprint density at radius 1 is 0.821 bits per heavy atom. The fourth-order valence-corrected chi connectivity index (χ4v) is 3.85. The highest BCUT2D eigenvalue weighted by Crippen LogP contribution is 2.26. The van der Waals surface area contributed by atoms with Crippen LogP contribution in [0.25, 0.3) is 11.4 Å². The fraction of sp³-hybridized carbons (Fsp3) is 0.136. The molecule has 0 amide bonds. The first-order chi connectivity index (χ1) is 13.8. The molecular weight excluding hydrogens is 371 g/mol. The molecule has 4 nitrogen and oxygen atoms in total. The molecule has 0 unspecified atom stereocenters. The van der Waals surface area contributed by atoms with Gasteiger partial charge in [0.2, 0.25) is 0 Å². The van der Waals surface area contributed by atoms with Crippen molar-refractivity contribution in [3.63, 3.8) is 0 Å². The number of thioether (sulfide) groups is 1. The topological polar surface area (TPSA) is 43.6 Å². The van der Waals surface area contributed by atoms with Crippen molar-refractivity contribution >= 4 is 11.8 Å². The van der Waals surface area contributed by atoms with Crippen molar-refractivity contribution in [3.05, 3.63) is 96.1 Å². The third-order valence-electron chi connectivity index (χ3n) is 4.37. The van der Waals surface area contributed by atoms with Gasteiger partial charge < -0.3 is 0 Å². The van der Waals surface area contributed by atoms with Crippen LogP contribution in [0.15, 0.2) is 84.3 Å². The molecule has 0 atom stereocenters. The fourth-order valence-electron chi connectivity index (χ4n) is 2.93. The lowest BCUT2D eigenvalue weighted by Gasteiger charge is -2.10. The average Bonchev–Trinajstić information content (AvgIpc) is 3.13. The zero-order chi connectivity index (χ0) is 19.2. The van der Waals surface area contributed by atoms with Crippen molar-refractivity contribution in [1.82, 2.24) is 19.7 Å². The normalized spacial score (nSPS) is 10.9. The molecule has 2 aromatic carbocycles. The second kappa shape index (κ2) is 8.80. The molecule has 0 spiro atoms. The Bertz CT molecular complexity index is 1020. The summed E-state index contributed by atoms with van der Waals surface area (Å²) >= 11 is 1.67. The molecule has 0 radical (unpaired) electrons. The molecule has 0 aliphatic heterocycles. The molecule has 140 valence electrons. The van der Waals surface area contributed by atoms with Crippen molar-refractivity contribution in [1.29, 1.82) is 0 Å². The van der Waals surface area contributed by atoms with E-state index in [4.69, 9.17) is 0 Å². The molecule has 0 N–H and O–H groups in total. The van der Waals surface area contributed by atoms with Crippen LogP contribution in [0, 0.1) is 5.82 Å². The van der Waals surface area contributed by atoms with Crippen molar-refractivity contribution in [3.8, 4) is 11.4 Å². The summed E-state index contributed by atoms with van der Waals surface area (Å²) in [4.78, 5) is 4.06. The highest BCUT2D eigenvalue weighted by Gasteiger charge is 2.15. The van der Waals surface area contributed by atoms with Gasteiger partial charge >= 0.3 is 0 Å². The van der Waals surface area contributed by atoms with Gasteiger partial charge in [0, 0.05) is 23.7 Å². The van der Waals surface area contributed by atoms with Crippen LogP contribution < -0.4 is 0 Å². The summed E-state index contributed by atoms with van der Waals surface area (Å²) in [7, 11) is 0. The molecule has 0 aliphatic rings. The van der Waals surface area contributed by atoms with Gasteiger partial charge in [0.1, 0.15) is 5.82 Å². The number of aromatic nitrogens is 4. The molecule has 2 aromatic heterocycles. The maximum absolute atomic E-state index is 13.3. The Kier molecular flexibility index (Phi) is 5.77. The summed E-state index contributed by atoms with van der Waals surface area (Å²) in [5, 5.41) is 9.67. The zero-order valence-corrected chi connectivity index (χ0v) is 16.0. The number of pyridine rings is 1. The predicted octanol–water partition coefficient (Wildman–Crippen LogP) is 4.86. The predicted molar refractivity (Wildman–Crippen MR) is 110 cm³/mol. The largest absolute Gasteiger partial charge is 0.298 e. The van der Waals surface area contributed by atoms with Crippen molar-refractivity contribution in [2.24, 2.45) is 0 Å². The van der Waals surface area contributed by atoms with Gasteiger partial charge in [0.15, 0.2) is 11.0 Å². The van der Waals surface area contributed by atoms with E-state index in [9.17, 15) is 4.39 Å². The van der Waals surface area contributed by atoms with Crippen LogP contribution in [0.3, 0.4) is 0 Å². The van der Waals surface area contributed by atoms with E-state index >= 15 is 0 Å². The van der Waals surface area contributed by atoms with Gasteiger partial charge in [-0.2, -0.15) is 0 Å². The summed E-state index contributed by atoms with van der Waals surface area (Å²) in [5.74, 6) is 1.38. The summed E-state index contributed by atoms with van der Waals surface area (Å²) < 4.78 is 15.4. The van der Waals surface area contributed by atoms with Gasteiger partial charge in [-0.05, 0) is 53.9 Å². The van der Waals surface area contributed by atoms with Gasteiger partial charge in [0.05, 0.1) is 6.54 Å². The van der Waals surface area contributed by atoms with Gasteiger partial charge in [-0.25, -0.2) is 4.39 Å². The number of rotatable bonds is 7. The minimum atomic E-state index is -0.259. The molecule has 4 rings (SSSR count). The summed E-state index contributed by atoms with van der Waals surface area (Å²) in [5.41, 5.74) is 3.27. The van der Waals surface area contributed by atoms with E-state index in [0.717, 1.165) is 28.7 Å². The van der Waals surface area contributed by atoms with E-state index in [-0.39, 0.29) is 5.82 Å². The number of nitrogens with zero attached hydrogens (tertiary/aromatic N) is 4. The van der Waals surface area contributed by atoms with E-state index in [2.05, 4.69) is 31.9 Å². The lowest BCUT2D eigenvalue weighted by atomic mass is 10.2. The molecular formula is C22H19FN4S. The Morgan fingerprint density at radius 3 is 2.32 bits per heavy atom. The molecule has 2 heterocycles. The smallest absolute Gasteiger partial charge is 0.191 e. The minimum absolute atomic E-state index is 0.259. The molecule has 0 bridgehead atoms. The first-order valence-electron chi connectivity index (χ1n) is 9.04. The molecule has 0 fully saturated rings. The maximum Gasteiger partial charge on any atom is 0.191 e. The van der Waals surface area contributed by atoms with Crippen molar-refractivity contribution in [2.45, 2.75) is 18.1 Å². The number of hydrogen-bond acceptors (Lipinski definition) is 4. The first-order valence-corrected chi connectivity index (χ1v) is 10.0. The van der Waals surface area contributed by atoms with E-state index < -0.39 is 0 Å². The van der Waals surface area contributed by atoms with Gasteiger partial charge in [-0.3, -0.25) is 9.55 Å². The third-order valence-corrected chi connectivity index (χ3v) is 5.34. The van der Waals surface area contributed by atoms with E-state index in [1.54, 1.807) is 23.9 Å². The highest BCUT2D eigenvalue weighted by atomic mass is 32.2. The van der Waals surface area contributed by atoms with Crippen LogP contribution in [0.2, 0.25) is 0 Å². The standard InChI is InChI=1S/C22H19FN4S/c23-20-8-6-19(7-9-20)21-25-26-22(27(21)16-18-4-2-1-3-5-18)28-15-12-17-10-13-24-14-11-17/h1-11,13-14H,12,15-16H2. The highest BCUT2D eigenvalue weighted by molar-refractivity contribution is 7.99. The lowest BCUT2D eigenvalue weighted by molar-refractivity contribution is 0.628. The summed E-state index contributed by atoms with van der Waals surface area (Å²) in [6.07, 6.45) is 4.55. The van der Waals surface area contributed by atoms with Crippen molar-refractivity contribution < 1.29 is 4.39 Å². The minimum Gasteiger partial charge on any atom is -0.298 e. The third kappa shape index (κ3) is 4.46. The molecule has 4 aromatic rings. The molecule has 0 saturated heterocycles. The van der Waals surface area contributed by atoms with Crippen LogP contribution in [0.1, 0.15) is 11.1 Å². The summed E-state index contributed by atoms with van der Waals surface area (Å²) in [6, 6.07) is 20.7. The lowest BCUT2D eigenvalue weighted by Crippen LogP contribution is -2.04. The Morgan fingerprint density at radius 2 is 1.57 bits per heavy atom. The monoisotopic (exact) mass is 390 g/mol.